The fraction of sp³-hybridized carbons (Fsp3) is 0.188. The summed E-state index contributed by atoms with van der Waals surface area (Å²) >= 11 is 3.38. The molecule has 20 heavy (non-hydrogen) atoms. The third kappa shape index (κ3) is 3.61. The fourth-order valence-electron chi connectivity index (χ4n) is 1.86. The zero-order valence-corrected chi connectivity index (χ0v) is 13.0. The number of carbonyl (C=O) groups excluding carboxylic acids is 1. The molecule has 3 nitrogen and oxygen atoms in total. The van der Waals surface area contributed by atoms with Gasteiger partial charge in [-0.2, -0.15) is 0 Å². The lowest BCUT2D eigenvalue weighted by atomic mass is 10.1. The van der Waals surface area contributed by atoms with E-state index in [1.165, 1.54) is 0 Å². The molecule has 0 saturated heterocycles. The Morgan fingerprint density at radius 2 is 1.90 bits per heavy atom. The van der Waals surface area contributed by atoms with Crippen LogP contribution in [0, 0.1) is 6.92 Å². The fourth-order valence-corrected chi connectivity index (χ4v) is 2.22. The van der Waals surface area contributed by atoms with Crippen LogP contribution in [0.2, 0.25) is 0 Å². The molecule has 1 amide bonds. The van der Waals surface area contributed by atoms with Crippen molar-refractivity contribution in [3.63, 3.8) is 0 Å². The van der Waals surface area contributed by atoms with Gasteiger partial charge in [-0.05, 0) is 42.3 Å². The smallest absolute Gasteiger partial charge is 0.251 e. The van der Waals surface area contributed by atoms with Crippen LogP contribution in [0.25, 0.3) is 0 Å². The summed E-state index contributed by atoms with van der Waals surface area (Å²) in [5.74, 6) is 0.738. The van der Waals surface area contributed by atoms with Crippen LogP contribution in [0.1, 0.15) is 21.5 Å². The van der Waals surface area contributed by atoms with E-state index in [4.69, 9.17) is 4.74 Å². The molecule has 2 rings (SSSR count). The van der Waals surface area contributed by atoms with Crippen LogP contribution in [0.3, 0.4) is 0 Å². The molecule has 0 spiro atoms. The Labute approximate surface area is 127 Å². The maximum absolute atomic E-state index is 12.2. The van der Waals surface area contributed by atoms with Crippen LogP contribution >= 0.6 is 15.9 Å². The number of nitrogens with one attached hydrogen (secondary N) is 1. The number of hydrogen-bond acceptors (Lipinski definition) is 2. The quantitative estimate of drug-likeness (QED) is 0.926. The molecule has 0 aliphatic rings. The standard InChI is InChI=1S/C16H16BrNO2/c1-11-3-6-13(17)9-15(11)16(19)18-10-12-4-7-14(20-2)8-5-12/h3-9H,10H2,1-2H3,(H,18,19). The first-order valence-corrected chi connectivity index (χ1v) is 7.06. The average Bonchev–Trinajstić information content (AvgIpc) is 2.47. The van der Waals surface area contributed by atoms with Crippen molar-refractivity contribution in [1.82, 2.24) is 5.32 Å². The molecule has 0 aliphatic heterocycles. The summed E-state index contributed by atoms with van der Waals surface area (Å²) in [5, 5.41) is 2.92. The Morgan fingerprint density at radius 3 is 2.55 bits per heavy atom. The maximum Gasteiger partial charge on any atom is 0.251 e. The van der Waals surface area contributed by atoms with Crippen LogP contribution in [-0.4, -0.2) is 13.0 Å². The van der Waals surface area contributed by atoms with Crippen molar-refractivity contribution in [3.05, 3.63) is 63.6 Å². The second-order valence-corrected chi connectivity index (χ2v) is 5.41. The predicted molar refractivity (Wildman–Crippen MR) is 83.0 cm³/mol. The summed E-state index contributed by atoms with van der Waals surface area (Å²) in [6, 6.07) is 13.3. The van der Waals surface area contributed by atoms with Gasteiger partial charge in [0.1, 0.15) is 5.75 Å². The first kappa shape index (κ1) is 14.6. The Morgan fingerprint density at radius 1 is 1.20 bits per heavy atom. The molecule has 0 radical (unpaired) electrons. The lowest BCUT2D eigenvalue weighted by Crippen LogP contribution is -2.23. The van der Waals surface area contributed by atoms with Crippen LogP contribution in [0.15, 0.2) is 46.9 Å². The number of carbonyl (C=O) groups is 1. The molecule has 2 aromatic carbocycles. The van der Waals surface area contributed by atoms with E-state index in [1.54, 1.807) is 7.11 Å². The maximum atomic E-state index is 12.2. The normalized spacial score (nSPS) is 10.2. The summed E-state index contributed by atoms with van der Waals surface area (Å²) in [5.41, 5.74) is 2.68. The molecule has 2 aromatic rings. The highest BCUT2D eigenvalue weighted by molar-refractivity contribution is 9.10. The molecule has 104 valence electrons. The van der Waals surface area contributed by atoms with E-state index >= 15 is 0 Å². The van der Waals surface area contributed by atoms with Gasteiger partial charge in [0.2, 0.25) is 0 Å². The number of amides is 1. The van der Waals surface area contributed by atoms with Crippen molar-refractivity contribution in [2.75, 3.05) is 7.11 Å². The number of aryl methyl sites for hydroxylation is 1. The highest BCUT2D eigenvalue weighted by Gasteiger charge is 2.09. The second-order valence-electron chi connectivity index (χ2n) is 4.49. The van der Waals surface area contributed by atoms with Crippen molar-refractivity contribution in [2.24, 2.45) is 0 Å². The van der Waals surface area contributed by atoms with Gasteiger partial charge in [0.25, 0.3) is 5.91 Å². The van der Waals surface area contributed by atoms with Crippen molar-refractivity contribution in [2.45, 2.75) is 13.5 Å². The number of benzene rings is 2. The van der Waals surface area contributed by atoms with Gasteiger partial charge in [-0.25, -0.2) is 0 Å². The summed E-state index contributed by atoms with van der Waals surface area (Å²) < 4.78 is 6.00. The lowest BCUT2D eigenvalue weighted by Gasteiger charge is -2.09. The van der Waals surface area contributed by atoms with Crippen LogP contribution in [0.4, 0.5) is 0 Å². The topological polar surface area (TPSA) is 38.3 Å². The monoisotopic (exact) mass is 333 g/mol. The van der Waals surface area contributed by atoms with Gasteiger partial charge >= 0.3 is 0 Å². The molecule has 0 saturated carbocycles. The SMILES string of the molecule is COc1ccc(CNC(=O)c2cc(Br)ccc2C)cc1. The molecule has 0 fully saturated rings. The Balaban J connectivity index is 2.02. The van der Waals surface area contributed by atoms with Gasteiger partial charge < -0.3 is 10.1 Å². The number of hydrogen-bond donors (Lipinski definition) is 1. The Bertz CT molecular complexity index is 608. The number of ether oxygens (including phenoxy) is 1. The molecule has 0 atom stereocenters. The molecule has 0 aliphatic carbocycles. The van der Waals surface area contributed by atoms with Gasteiger partial charge in [0.15, 0.2) is 0 Å². The molecule has 1 N–H and O–H groups in total. The van der Waals surface area contributed by atoms with Crippen molar-refractivity contribution >= 4 is 21.8 Å². The van der Waals surface area contributed by atoms with Gasteiger partial charge in [-0.15, -0.1) is 0 Å². The molecule has 0 bridgehead atoms. The predicted octanol–water partition coefficient (Wildman–Crippen LogP) is 3.70. The largest absolute Gasteiger partial charge is 0.497 e. The molecular formula is C16H16BrNO2. The average molecular weight is 334 g/mol. The summed E-state index contributed by atoms with van der Waals surface area (Å²) in [6.45, 7) is 2.42. The number of halogens is 1. The second kappa shape index (κ2) is 6.57. The van der Waals surface area contributed by atoms with E-state index in [0.29, 0.717) is 12.1 Å². The highest BCUT2D eigenvalue weighted by atomic mass is 79.9. The number of methoxy groups -OCH3 is 1. The van der Waals surface area contributed by atoms with Crippen molar-refractivity contribution in [3.8, 4) is 5.75 Å². The van der Waals surface area contributed by atoms with Crippen LogP contribution in [-0.2, 0) is 6.54 Å². The van der Waals surface area contributed by atoms with Crippen LogP contribution < -0.4 is 10.1 Å². The van der Waals surface area contributed by atoms with Gasteiger partial charge in [0, 0.05) is 16.6 Å². The van der Waals surface area contributed by atoms with Crippen molar-refractivity contribution < 1.29 is 9.53 Å². The molecule has 0 heterocycles. The van der Waals surface area contributed by atoms with E-state index in [9.17, 15) is 4.79 Å². The number of rotatable bonds is 4. The van der Waals surface area contributed by atoms with Gasteiger partial charge in [0.05, 0.1) is 7.11 Å². The van der Waals surface area contributed by atoms with Crippen molar-refractivity contribution in [1.29, 1.82) is 0 Å². The molecule has 0 unspecified atom stereocenters. The highest BCUT2D eigenvalue weighted by Crippen LogP contribution is 2.16. The van der Waals surface area contributed by atoms with E-state index < -0.39 is 0 Å². The molecule has 4 heteroatoms. The van der Waals surface area contributed by atoms with Gasteiger partial charge in [-0.3, -0.25) is 4.79 Å². The third-order valence-electron chi connectivity index (χ3n) is 3.06. The lowest BCUT2D eigenvalue weighted by molar-refractivity contribution is 0.0950. The van der Waals surface area contributed by atoms with Gasteiger partial charge in [-0.1, -0.05) is 34.1 Å². The minimum absolute atomic E-state index is 0.0698. The first-order chi connectivity index (χ1) is 9.60. The summed E-state index contributed by atoms with van der Waals surface area (Å²) in [4.78, 5) is 12.2. The summed E-state index contributed by atoms with van der Waals surface area (Å²) in [7, 11) is 1.63. The molecule has 0 aromatic heterocycles. The Kier molecular flexibility index (Phi) is 4.79. The van der Waals surface area contributed by atoms with E-state index in [2.05, 4.69) is 21.2 Å². The van der Waals surface area contributed by atoms with E-state index in [1.807, 2.05) is 49.4 Å². The minimum atomic E-state index is -0.0698. The zero-order valence-electron chi connectivity index (χ0n) is 11.4. The summed E-state index contributed by atoms with van der Waals surface area (Å²) in [6.07, 6.45) is 0. The zero-order chi connectivity index (χ0) is 14.5. The van der Waals surface area contributed by atoms with Crippen LogP contribution in [0.5, 0.6) is 5.75 Å². The molecular weight excluding hydrogens is 318 g/mol. The van der Waals surface area contributed by atoms with E-state index in [0.717, 1.165) is 21.3 Å². The Hall–Kier alpha value is -1.81. The third-order valence-corrected chi connectivity index (χ3v) is 3.55. The first-order valence-electron chi connectivity index (χ1n) is 6.27. The minimum Gasteiger partial charge on any atom is -0.497 e. The van der Waals surface area contributed by atoms with E-state index in [-0.39, 0.29) is 5.91 Å².